The second-order valence-electron chi connectivity index (χ2n) is 3.69. The molecule has 0 aromatic carbocycles. The van der Waals surface area contributed by atoms with Crippen LogP contribution in [0.3, 0.4) is 0 Å². The van der Waals surface area contributed by atoms with E-state index in [1.165, 1.54) is 0 Å². The lowest BCUT2D eigenvalue weighted by atomic mass is 9.73. The molecule has 0 aliphatic carbocycles. The number of ether oxygens (including phenoxy) is 2. The van der Waals surface area contributed by atoms with Crippen LogP contribution in [0.1, 0.15) is 20.3 Å². The predicted octanol–water partition coefficient (Wildman–Crippen LogP) is 0.640. The van der Waals surface area contributed by atoms with E-state index < -0.39 is 0 Å². The molecule has 0 aromatic heterocycles. The van der Waals surface area contributed by atoms with Crippen LogP contribution in [-0.4, -0.2) is 43.3 Å². The molecule has 3 atom stereocenters. The average Bonchev–Trinajstić information content (AvgIpc) is 2.46. The minimum absolute atomic E-state index is 0.0434. The summed E-state index contributed by atoms with van der Waals surface area (Å²) < 4.78 is 11.2. The molecule has 1 aliphatic rings. The Hall–Kier alpha value is -0.0551. The monoisotopic (exact) mass is 185 g/mol. The second-order valence-corrected chi connectivity index (χ2v) is 3.69. The summed E-state index contributed by atoms with van der Waals surface area (Å²) in [6.45, 7) is 6.01. The van der Waals surface area contributed by atoms with Crippen molar-refractivity contribution in [1.29, 1.82) is 0 Å². The number of aliphatic hydroxyl groups is 1. The summed E-state index contributed by atoms with van der Waals surface area (Å²) in [5.41, 5.74) is 0. The van der Waals surface area contributed by atoms with E-state index >= 15 is 0 Å². The fourth-order valence-corrected chi connectivity index (χ4v) is 1.62. The Morgan fingerprint density at radius 3 is 2.77 bits per heavy atom. The van der Waals surface area contributed by atoms with Gasteiger partial charge >= 0.3 is 0 Å². The Bertz CT molecular complexity index is 152. The summed E-state index contributed by atoms with van der Waals surface area (Å²) in [5.74, 6) is 0. The Labute approximate surface area is 80.7 Å². The van der Waals surface area contributed by atoms with Crippen molar-refractivity contribution in [2.24, 2.45) is 0 Å². The SMILES string of the molecule is C[B]C1CC(OC(C)C)C(CO)O1. The molecule has 1 saturated heterocycles. The molecule has 1 heterocycles. The zero-order valence-electron chi connectivity index (χ0n) is 8.56. The van der Waals surface area contributed by atoms with Crippen molar-refractivity contribution < 1.29 is 14.6 Å². The fourth-order valence-electron chi connectivity index (χ4n) is 1.62. The highest BCUT2D eigenvalue weighted by atomic mass is 16.6. The van der Waals surface area contributed by atoms with Crippen molar-refractivity contribution in [3.8, 4) is 0 Å². The van der Waals surface area contributed by atoms with E-state index in [4.69, 9.17) is 14.6 Å². The summed E-state index contributed by atoms with van der Waals surface area (Å²) in [7, 11) is 2.01. The zero-order valence-corrected chi connectivity index (χ0v) is 8.56. The lowest BCUT2D eigenvalue weighted by Gasteiger charge is -2.19. The van der Waals surface area contributed by atoms with Gasteiger partial charge in [-0.2, -0.15) is 0 Å². The van der Waals surface area contributed by atoms with E-state index in [0.717, 1.165) is 6.42 Å². The predicted molar refractivity (Wildman–Crippen MR) is 52.0 cm³/mol. The first-order valence-electron chi connectivity index (χ1n) is 4.88. The van der Waals surface area contributed by atoms with E-state index in [9.17, 15) is 0 Å². The van der Waals surface area contributed by atoms with Gasteiger partial charge in [-0.15, -0.1) is 0 Å². The van der Waals surface area contributed by atoms with Crippen LogP contribution in [0, 0.1) is 0 Å². The maximum absolute atomic E-state index is 9.04. The molecule has 13 heavy (non-hydrogen) atoms. The minimum atomic E-state index is -0.149. The van der Waals surface area contributed by atoms with E-state index in [-0.39, 0.29) is 30.9 Å². The first kappa shape index (κ1) is 11.0. The quantitative estimate of drug-likeness (QED) is 0.653. The van der Waals surface area contributed by atoms with Crippen molar-refractivity contribution >= 4 is 7.28 Å². The van der Waals surface area contributed by atoms with Crippen LogP contribution < -0.4 is 0 Å². The number of hydrogen-bond acceptors (Lipinski definition) is 3. The molecule has 3 nitrogen and oxygen atoms in total. The summed E-state index contributed by atoms with van der Waals surface area (Å²) in [5, 5.41) is 9.04. The van der Waals surface area contributed by atoms with Gasteiger partial charge in [-0.05, 0) is 20.3 Å². The van der Waals surface area contributed by atoms with Crippen LogP contribution in [0.15, 0.2) is 0 Å². The molecule has 1 N–H and O–H groups in total. The topological polar surface area (TPSA) is 38.7 Å². The van der Waals surface area contributed by atoms with E-state index in [1.54, 1.807) is 0 Å². The highest BCUT2D eigenvalue weighted by molar-refractivity contribution is 6.35. The van der Waals surface area contributed by atoms with Crippen molar-refractivity contribution in [2.45, 2.75) is 51.4 Å². The van der Waals surface area contributed by atoms with Crippen LogP contribution in [0.25, 0.3) is 0 Å². The smallest absolute Gasteiger partial charge is 0.146 e. The summed E-state index contributed by atoms with van der Waals surface area (Å²) in [6.07, 6.45) is 0.952. The maximum atomic E-state index is 9.04. The van der Waals surface area contributed by atoms with E-state index in [0.29, 0.717) is 0 Å². The van der Waals surface area contributed by atoms with Gasteiger partial charge in [0.1, 0.15) is 13.4 Å². The van der Waals surface area contributed by atoms with Crippen LogP contribution >= 0.6 is 0 Å². The molecule has 0 aromatic rings. The molecule has 0 bridgehead atoms. The third-order valence-corrected chi connectivity index (χ3v) is 2.23. The highest BCUT2D eigenvalue weighted by Gasteiger charge is 2.34. The third-order valence-electron chi connectivity index (χ3n) is 2.23. The van der Waals surface area contributed by atoms with Gasteiger partial charge in [-0.3, -0.25) is 0 Å². The highest BCUT2D eigenvalue weighted by Crippen LogP contribution is 2.23. The molecule has 75 valence electrons. The van der Waals surface area contributed by atoms with Gasteiger partial charge in [-0.1, -0.05) is 6.82 Å². The standard InChI is InChI=1S/C9H18BO3/c1-6(2)12-7-4-9(10-3)13-8(7)5-11/h6-9,11H,4-5H2,1-3H3. The lowest BCUT2D eigenvalue weighted by Crippen LogP contribution is -2.30. The average molecular weight is 185 g/mol. The largest absolute Gasteiger partial charge is 0.394 e. The molecule has 1 aliphatic heterocycles. The molecule has 1 radical (unpaired) electrons. The normalized spacial score (nSPS) is 34.1. The first-order chi connectivity index (χ1) is 6.17. The van der Waals surface area contributed by atoms with Gasteiger partial charge in [0, 0.05) is 6.00 Å². The summed E-state index contributed by atoms with van der Waals surface area (Å²) in [6, 6.07) is 0.140. The molecular weight excluding hydrogens is 167 g/mol. The molecule has 1 fully saturated rings. The van der Waals surface area contributed by atoms with E-state index in [1.807, 2.05) is 28.0 Å². The van der Waals surface area contributed by atoms with Crippen molar-refractivity contribution in [1.82, 2.24) is 0 Å². The van der Waals surface area contributed by atoms with Gasteiger partial charge in [0.05, 0.1) is 18.8 Å². The van der Waals surface area contributed by atoms with Crippen LogP contribution in [0.5, 0.6) is 0 Å². The van der Waals surface area contributed by atoms with Gasteiger partial charge in [0.25, 0.3) is 0 Å². The molecule has 0 spiro atoms. The van der Waals surface area contributed by atoms with Gasteiger partial charge < -0.3 is 14.6 Å². The molecule has 3 unspecified atom stereocenters. The second kappa shape index (κ2) is 4.98. The fraction of sp³-hybridized carbons (Fsp3) is 1.00. The Balaban J connectivity index is 2.43. The van der Waals surface area contributed by atoms with Crippen molar-refractivity contribution in [2.75, 3.05) is 6.61 Å². The minimum Gasteiger partial charge on any atom is -0.394 e. The summed E-state index contributed by atoms with van der Waals surface area (Å²) in [4.78, 5) is 0. The third kappa shape index (κ3) is 2.97. The lowest BCUT2D eigenvalue weighted by molar-refractivity contribution is -0.0583. The van der Waals surface area contributed by atoms with Crippen molar-refractivity contribution in [3.63, 3.8) is 0 Å². The Morgan fingerprint density at radius 1 is 1.62 bits per heavy atom. The molecular formula is C9H18BO3. The molecule has 1 rings (SSSR count). The Morgan fingerprint density at radius 2 is 2.31 bits per heavy atom. The maximum Gasteiger partial charge on any atom is 0.146 e. The Kier molecular flexibility index (Phi) is 4.23. The van der Waals surface area contributed by atoms with Crippen molar-refractivity contribution in [3.05, 3.63) is 0 Å². The summed E-state index contributed by atoms with van der Waals surface area (Å²) >= 11 is 0. The molecule has 0 amide bonds. The van der Waals surface area contributed by atoms with Crippen LogP contribution in [0.4, 0.5) is 0 Å². The van der Waals surface area contributed by atoms with Crippen LogP contribution in [0.2, 0.25) is 6.82 Å². The van der Waals surface area contributed by atoms with E-state index in [2.05, 4.69) is 0 Å². The van der Waals surface area contributed by atoms with Gasteiger partial charge in [0.2, 0.25) is 0 Å². The van der Waals surface area contributed by atoms with Crippen LogP contribution in [-0.2, 0) is 9.47 Å². The molecule has 0 saturated carbocycles. The van der Waals surface area contributed by atoms with Gasteiger partial charge in [0.15, 0.2) is 0 Å². The number of aliphatic hydroxyl groups excluding tert-OH is 1. The first-order valence-corrected chi connectivity index (χ1v) is 4.88. The number of hydrogen-bond donors (Lipinski definition) is 1. The van der Waals surface area contributed by atoms with Gasteiger partial charge in [-0.25, -0.2) is 0 Å². The zero-order chi connectivity index (χ0) is 9.84. The molecule has 4 heteroatoms. The number of rotatable bonds is 4.